The summed E-state index contributed by atoms with van der Waals surface area (Å²) in [7, 11) is -3.67. The van der Waals surface area contributed by atoms with E-state index in [9.17, 15) is 13.2 Å². The molecule has 1 aliphatic rings. The number of hydrogen-bond acceptors (Lipinski definition) is 3. The van der Waals surface area contributed by atoms with Crippen molar-refractivity contribution >= 4 is 27.6 Å². The quantitative estimate of drug-likeness (QED) is 0.923. The van der Waals surface area contributed by atoms with E-state index >= 15 is 0 Å². The molecule has 1 aromatic carbocycles. The van der Waals surface area contributed by atoms with Gasteiger partial charge in [0.1, 0.15) is 0 Å². The Morgan fingerprint density at radius 3 is 2.84 bits per heavy atom. The van der Waals surface area contributed by atoms with Gasteiger partial charge in [0.25, 0.3) is 0 Å². The van der Waals surface area contributed by atoms with Crippen molar-refractivity contribution in [2.24, 2.45) is 0 Å². The molecular weight excluding hydrogens is 290 g/mol. The predicted molar refractivity (Wildman–Crippen MR) is 70.6 cm³/mol. The number of halogens is 1. The highest BCUT2D eigenvalue weighted by Gasteiger charge is 2.36. The van der Waals surface area contributed by atoms with Gasteiger partial charge in [-0.25, -0.2) is 8.42 Å². The molecule has 7 heteroatoms. The van der Waals surface area contributed by atoms with Crippen molar-refractivity contribution in [3.05, 3.63) is 29.3 Å². The lowest BCUT2D eigenvalue weighted by Gasteiger charge is -2.22. The Morgan fingerprint density at radius 1 is 1.47 bits per heavy atom. The molecule has 1 saturated heterocycles. The minimum atomic E-state index is -3.67. The average Bonchev–Trinajstić information content (AvgIpc) is 2.77. The number of rotatable bonds is 4. The standard InChI is InChI=1S/C12H14ClNO4S/c13-9-3-1-5-11(7-9)19(17,18)14-6-2-4-10(14)8-12(15)16/h1,3,5,7,10H,2,4,6,8H2,(H,15,16). The van der Waals surface area contributed by atoms with Crippen molar-refractivity contribution in [2.75, 3.05) is 6.54 Å². The number of hydrogen-bond donors (Lipinski definition) is 1. The second-order valence-electron chi connectivity index (χ2n) is 4.47. The normalized spacial score (nSPS) is 20.6. The van der Waals surface area contributed by atoms with Crippen LogP contribution in [0.1, 0.15) is 19.3 Å². The highest BCUT2D eigenvalue weighted by molar-refractivity contribution is 7.89. The summed E-state index contributed by atoms with van der Waals surface area (Å²) in [5.41, 5.74) is 0. The first-order valence-electron chi connectivity index (χ1n) is 5.90. The molecule has 0 bridgehead atoms. The zero-order chi connectivity index (χ0) is 14.0. The van der Waals surface area contributed by atoms with Crippen LogP contribution in [0.3, 0.4) is 0 Å². The third-order valence-corrected chi connectivity index (χ3v) is 5.32. The summed E-state index contributed by atoms with van der Waals surface area (Å²) < 4.78 is 26.2. The molecule has 1 aromatic rings. The van der Waals surface area contributed by atoms with Crippen LogP contribution in [-0.4, -0.2) is 36.4 Å². The fourth-order valence-electron chi connectivity index (χ4n) is 2.29. The van der Waals surface area contributed by atoms with Crippen molar-refractivity contribution in [1.29, 1.82) is 0 Å². The Bertz CT molecular complexity index is 587. The SMILES string of the molecule is O=C(O)CC1CCCN1S(=O)(=O)c1cccc(Cl)c1. The van der Waals surface area contributed by atoms with Crippen LogP contribution in [0.2, 0.25) is 5.02 Å². The number of nitrogens with zero attached hydrogens (tertiary/aromatic N) is 1. The molecule has 1 N–H and O–H groups in total. The summed E-state index contributed by atoms with van der Waals surface area (Å²) in [6, 6.07) is 5.54. The van der Waals surface area contributed by atoms with Crippen LogP contribution in [0.15, 0.2) is 29.2 Å². The van der Waals surface area contributed by atoms with Gasteiger partial charge in [0.15, 0.2) is 0 Å². The molecule has 0 spiro atoms. The van der Waals surface area contributed by atoms with E-state index in [2.05, 4.69) is 0 Å². The summed E-state index contributed by atoms with van der Waals surface area (Å²) in [5.74, 6) is -0.988. The number of carboxylic acids is 1. The lowest BCUT2D eigenvalue weighted by atomic mass is 10.2. The van der Waals surface area contributed by atoms with Crippen LogP contribution in [0.25, 0.3) is 0 Å². The van der Waals surface area contributed by atoms with Crippen LogP contribution >= 0.6 is 11.6 Å². The third-order valence-electron chi connectivity index (χ3n) is 3.14. The topological polar surface area (TPSA) is 74.7 Å². The largest absolute Gasteiger partial charge is 0.481 e. The monoisotopic (exact) mass is 303 g/mol. The molecule has 0 saturated carbocycles. The maximum atomic E-state index is 12.5. The molecule has 0 radical (unpaired) electrons. The number of carboxylic acid groups (broad SMARTS) is 1. The van der Waals surface area contributed by atoms with E-state index in [1.54, 1.807) is 12.1 Å². The Balaban J connectivity index is 2.31. The van der Waals surface area contributed by atoms with E-state index in [0.29, 0.717) is 24.4 Å². The zero-order valence-corrected chi connectivity index (χ0v) is 11.7. The lowest BCUT2D eigenvalue weighted by molar-refractivity contribution is -0.137. The van der Waals surface area contributed by atoms with Crippen LogP contribution in [0.4, 0.5) is 0 Å². The maximum Gasteiger partial charge on any atom is 0.304 e. The van der Waals surface area contributed by atoms with E-state index in [4.69, 9.17) is 16.7 Å². The molecule has 5 nitrogen and oxygen atoms in total. The van der Waals surface area contributed by atoms with Crippen LogP contribution in [-0.2, 0) is 14.8 Å². The number of benzene rings is 1. The Hall–Kier alpha value is -1.11. The van der Waals surface area contributed by atoms with E-state index < -0.39 is 22.0 Å². The van der Waals surface area contributed by atoms with Gasteiger partial charge in [-0.3, -0.25) is 4.79 Å². The summed E-state index contributed by atoms with van der Waals surface area (Å²) in [5, 5.41) is 9.17. The second kappa shape index (κ2) is 5.48. The molecule has 104 valence electrons. The van der Waals surface area contributed by atoms with Gasteiger partial charge in [0, 0.05) is 17.6 Å². The average molecular weight is 304 g/mol. The highest BCUT2D eigenvalue weighted by atomic mass is 35.5. The first-order chi connectivity index (χ1) is 8.91. The van der Waals surface area contributed by atoms with Gasteiger partial charge in [0.05, 0.1) is 11.3 Å². The summed E-state index contributed by atoms with van der Waals surface area (Å²) in [6.45, 7) is 0.354. The fourth-order valence-corrected chi connectivity index (χ4v) is 4.29. The van der Waals surface area contributed by atoms with Gasteiger partial charge in [-0.05, 0) is 31.0 Å². The van der Waals surface area contributed by atoms with Crippen molar-refractivity contribution in [3.8, 4) is 0 Å². The molecule has 1 unspecified atom stereocenters. The molecule has 0 aromatic heterocycles. The Morgan fingerprint density at radius 2 is 2.21 bits per heavy atom. The van der Waals surface area contributed by atoms with Crippen LogP contribution in [0.5, 0.6) is 0 Å². The van der Waals surface area contributed by atoms with Crippen molar-refractivity contribution in [2.45, 2.75) is 30.2 Å². The van der Waals surface area contributed by atoms with Crippen LogP contribution < -0.4 is 0 Å². The molecule has 19 heavy (non-hydrogen) atoms. The molecular formula is C12H14ClNO4S. The predicted octanol–water partition coefficient (Wildman–Crippen LogP) is 1.97. The van der Waals surface area contributed by atoms with Crippen molar-refractivity contribution < 1.29 is 18.3 Å². The van der Waals surface area contributed by atoms with E-state index in [0.717, 1.165) is 0 Å². The molecule has 1 aliphatic heterocycles. The van der Waals surface area contributed by atoms with E-state index in [1.165, 1.54) is 16.4 Å². The minimum Gasteiger partial charge on any atom is -0.481 e. The van der Waals surface area contributed by atoms with Crippen molar-refractivity contribution in [3.63, 3.8) is 0 Å². The maximum absolute atomic E-state index is 12.5. The first-order valence-corrected chi connectivity index (χ1v) is 7.72. The zero-order valence-electron chi connectivity index (χ0n) is 10.1. The molecule has 2 rings (SSSR count). The summed E-state index contributed by atoms with van der Waals surface area (Å²) >= 11 is 5.80. The second-order valence-corrected chi connectivity index (χ2v) is 6.79. The number of carbonyl (C=O) groups is 1. The fraction of sp³-hybridized carbons (Fsp3) is 0.417. The Labute approximate surface area is 116 Å². The third kappa shape index (κ3) is 3.08. The van der Waals surface area contributed by atoms with Gasteiger partial charge in [0.2, 0.25) is 10.0 Å². The molecule has 0 aliphatic carbocycles. The van der Waals surface area contributed by atoms with Gasteiger partial charge < -0.3 is 5.11 Å². The van der Waals surface area contributed by atoms with Gasteiger partial charge in [-0.15, -0.1) is 0 Å². The smallest absolute Gasteiger partial charge is 0.304 e. The summed E-state index contributed by atoms with van der Waals surface area (Å²) in [4.78, 5) is 10.9. The molecule has 1 heterocycles. The minimum absolute atomic E-state index is 0.109. The summed E-state index contributed by atoms with van der Waals surface area (Å²) in [6.07, 6.45) is 1.09. The molecule has 0 amide bonds. The number of aliphatic carboxylic acids is 1. The van der Waals surface area contributed by atoms with Crippen molar-refractivity contribution in [1.82, 2.24) is 4.31 Å². The van der Waals surface area contributed by atoms with E-state index in [1.807, 2.05) is 0 Å². The van der Waals surface area contributed by atoms with Gasteiger partial charge in [-0.2, -0.15) is 4.31 Å². The van der Waals surface area contributed by atoms with Gasteiger partial charge >= 0.3 is 5.97 Å². The molecule has 1 fully saturated rings. The Kier molecular flexibility index (Phi) is 4.13. The van der Waals surface area contributed by atoms with Crippen LogP contribution in [0, 0.1) is 0 Å². The molecule has 1 atom stereocenters. The highest BCUT2D eigenvalue weighted by Crippen LogP contribution is 2.28. The van der Waals surface area contributed by atoms with E-state index in [-0.39, 0.29) is 11.3 Å². The number of sulfonamides is 1. The lowest BCUT2D eigenvalue weighted by Crippen LogP contribution is -2.36. The van der Waals surface area contributed by atoms with Gasteiger partial charge in [-0.1, -0.05) is 17.7 Å². The first kappa shape index (κ1) is 14.3.